The summed E-state index contributed by atoms with van der Waals surface area (Å²) in [4.78, 5) is 19.0. The predicted octanol–water partition coefficient (Wildman–Crippen LogP) is 3.10. The second kappa shape index (κ2) is 5.73. The molecule has 2 aliphatic rings. The highest BCUT2D eigenvalue weighted by atomic mass is 32.1. The van der Waals surface area contributed by atoms with Gasteiger partial charge in [0.15, 0.2) is 0 Å². The van der Waals surface area contributed by atoms with Crippen LogP contribution >= 0.6 is 11.3 Å². The fraction of sp³-hybridized carbons (Fsp3) is 0.733. The maximum absolute atomic E-state index is 13.3. The summed E-state index contributed by atoms with van der Waals surface area (Å²) in [7, 11) is 0. The third-order valence-electron chi connectivity index (χ3n) is 5.17. The van der Waals surface area contributed by atoms with Gasteiger partial charge in [-0.1, -0.05) is 6.42 Å². The van der Waals surface area contributed by atoms with Gasteiger partial charge in [-0.25, -0.2) is 4.98 Å². The predicted molar refractivity (Wildman–Crippen MR) is 81.1 cm³/mol. The lowest BCUT2D eigenvalue weighted by atomic mass is 9.58. The second-order valence-electron chi connectivity index (χ2n) is 6.55. The molecule has 1 amide bonds. The number of amides is 1. The van der Waals surface area contributed by atoms with Crippen molar-refractivity contribution in [3.05, 3.63) is 15.6 Å². The SMILES string of the molecule is Cc1nc(CN)sc1C(=O)N1CCC(C(F)(F)F)C2(CCC2)C1. The zero-order chi connectivity index (χ0) is 16.8. The van der Waals surface area contributed by atoms with Crippen molar-refractivity contribution >= 4 is 17.2 Å². The Morgan fingerprint density at radius 1 is 1.48 bits per heavy atom. The van der Waals surface area contributed by atoms with E-state index in [2.05, 4.69) is 4.98 Å². The Morgan fingerprint density at radius 3 is 2.65 bits per heavy atom. The summed E-state index contributed by atoms with van der Waals surface area (Å²) in [5.41, 5.74) is 5.38. The number of aryl methyl sites for hydroxylation is 1. The van der Waals surface area contributed by atoms with Crippen LogP contribution in [-0.4, -0.2) is 35.1 Å². The van der Waals surface area contributed by atoms with Crippen LogP contribution in [0.1, 0.15) is 46.1 Å². The first-order chi connectivity index (χ1) is 10.8. The zero-order valence-corrected chi connectivity index (χ0v) is 13.8. The minimum absolute atomic E-state index is 0.00314. The van der Waals surface area contributed by atoms with Gasteiger partial charge in [0, 0.05) is 19.6 Å². The Bertz CT molecular complexity index is 610. The van der Waals surface area contributed by atoms with Crippen molar-refractivity contribution in [1.82, 2.24) is 9.88 Å². The van der Waals surface area contributed by atoms with E-state index in [4.69, 9.17) is 5.73 Å². The number of hydrogen-bond acceptors (Lipinski definition) is 4. The van der Waals surface area contributed by atoms with E-state index in [0.29, 0.717) is 28.4 Å². The van der Waals surface area contributed by atoms with Crippen molar-refractivity contribution in [2.45, 2.75) is 45.3 Å². The van der Waals surface area contributed by atoms with E-state index in [1.165, 1.54) is 11.3 Å². The van der Waals surface area contributed by atoms with E-state index in [1.807, 2.05) is 0 Å². The highest BCUT2D eigenvalue weighted by Crippen LogP contribution is 2.56. The number of nitrogens with two attached hydrogens (primary N) is 1. The maximum Gasteiger partial charge on any atom is 0.392 e. The number of hydrogen-bond donors (Lipinski definition) is 1. The number of likely N-dealkylation sites (tertiary alicyclic amines) is 1. The Morgan fingerprint density at radius 2 is 2.17 bits per heavy atom. The molecular weight excluding hydrogens is 327 g/mol. The molecule has 1 saturated heterocycles. The molecule has 128 valence electrons. The minimum Gasteiger partial charge on any atom is -0.337 e. The molecule has 1 aromatic rings. The molecule has 0 aromatic carbocycles. The third-order valence-corrected chi connectivity index (χ3v) is 6.34. The number of thiazole rings is 1. The molecule has 1 spiro atoms. The van der Waals surface area contributed by atoms with Crippen molar-refractivity contribution in [2.24, 2.45) is 17.1 Å². The van der Waals surface area contributed by atoms with E-state index < -0.39 is 17.5 Å². The fourth-order valence-electron chi connectivity index (χ4n) is 3.86. The van der Waals surface area contributed by atoms with Crippen LogP contribution in [0.15, 0.2) is 0 Å². The van der Waals surface area contributed by atoms with Gasteiger partial charge in [0.1, 0.15) is 9.88 Å². The van der Waals surface area contributed by atoms with Gasteiger partial charge in [0.2, 0.25) is 0 Å². The number of rotatable bonds is 2. The smallest absolute Gasteiger partial charge is 0.337 e. The van der Waals surface area contributed by atoms with Crippen LogP contribution in [0, 0.1) is 18.3 Å². The normalized spacial score (nSPS) is 23.9. The number of carbonyl (C=O) groups excluding carboxylic acids is 1. The number of alkyl halides is 3. The first-order valence-electron chi connectivity index (χ1n) is 7.79. The van der Waals surface area contributed by atoms with Gasteiger partial charge in [-0.2, -0.15) is 13.2 Å². The van der Waals surface area contributed by atoms with Gasteiger partial charge in [-0.3, -0.25) is 4.79 Å². The van der Waals surface area contributed by atoms with Gasteiger partial charge in [-0.15, -0.1) is 11.3 Å². The number of halogens is 3. The molecule has 0 bridgehead atoms. The van der Waals surface area contributed by atoms with E-state index in [9.17, 15) is 18.0 Å². The average molecular weight is 347 g/mol. The number of carbonyl (C=O) groups is 1. The monoisotopic (exact) mass is 347 g/mol. The van der Waals surface area contributed by atoms with Crippen molar-refractivity contribution in [2.75, 3.05) is 13.1 Å². The molecule has 1 aromatic heterocycles. The van der Waals surface area contributed by atoms with Crippen LogP contribution in [-0.2, 0) is 6.54 Å². The lowest BCUT2D eigenvalue weighted by Gasteiger charge is -2.54. The topological polar surface area (TPSA) is 59.2 Å². The molecule has 1 aliphatic heterocycles. The lowest BCUT2D eigenvalue weighted by Crippen LogP contribution is -2.57. The molecule has 23 heavy (non-hydrogen) atoms. The molecule has 2 N–H and O–H groups in total. The average Bonchev–Trinajstić information content (AvgIpc) is 2.84. The Hall–Kier alpha value is -1.15. The quantitative estimate of drug-likeness (QED) is 0.894. The molecule has 0 radical (unpaired) electrons. The van der Waals surface area contributed by atoms with Crippen LogP contribution in [0.4, 0.5) is 13.2 Å². The van der Waals surface area contributed by atoms with E-state index in [1.54, 1.807) is 11.8 Å². The highest BCUT2D eigenvalue weighted by Gasteiger charge is 2.58. The summed E-state index contributed by atoms with van der Waals surface area (Å²) in [6.45, 7) is 2.36. The third kappa shape index (κ3) is 2.87. The van der Waals surface area contributed by atoms with Crippen molar-refractivity contribution in [3.8, 4) is 0 Å². The van der Waals surface area contributed by atoms with E-state index in [0.717, 1.165) is 6.42 Å². The number of aromatic nitrogens is 1. The molecule has 1 saturated carbocycles. The molecule has 2 heterocycles. The highest BCUT2D eigenvalue weighted by molar-refractivity contribution is 7.13. The number of nitrogens with zero attached hydrogens (tertiary/aromatic N) is 2. The van der Waals surface area contributed by atoms with Crippen LogP contribution in [0.2, 0.25) is 0 Å². The Balaban J connectivity index is 1.80. The van der Waals surface area contributed by atoms with Gasteiger partial charge < -0.3 is 10.6 Å². The standard InChI is InChI=1S/C15H20F3N3OS/c1-9-12(23-11(7-19)20-9)13(22)21-6-3-10(15(16,17)18)14(8-21)4-2-5-14/h10H,2-8,19H2,1H3. The molecule has 3 rings (SSSR count). The van der Waals surface area contributed by atoms with Gasteiger partial charge in [0.05, 0.1) is 11.6 Å². The lowest BCUT2D eigenvalue weighted by molar-refractivity contribution is -0.235. The summed E-state index contributed by atoms with van der Waals surface area (Å²) in [6.07, 6.45) is -2.27. The summed E-state index contributed by atoms with van der Waals surface area (Å²) in [6, 6.07) is 0. The zero-order valence-electron chi connectivity index (χ0n) is 12.9. The number of piperidine rings is 1. The van der Waals surface area contributed by atoms with E-state index >= 15 is 0 Å². The Labute approximate surface area is 136 Å². The van der Waals surface area contributed by atoms with Gasteiger partial charge in [-0.05, 0) is 31.6 Å². The summed E-state index contributed by atoms with van der Waals surface area (Å²) in [5.74, 6) is -1.48. The van der Waals surface area contributed by atoms with Crippen molar-refractivity contribution in [3.63, 3.8) is 0 Å². The summed E-state index contributed by atoms with van der Waals surface area (Å²) in [5, 5.41) is 0.675. The summed E-state index contributed by atoms with van der Waals surface area (Å²) >= 11 is 1.24. The molecule has 8 heteroatoms. The van der Waals surface area contributed by atoms with Gasteiger partial charge >= 0.3 is 6.18 Å². The molecule has 4 nitrogen and oxygen atoms in total. The largest absolute Gasteiger partial charge is 0.392 e. The molecule has 1 unspecified atom stereocenters. The van der Waals surface area contributed by atoms with Gasteiger partial charge in [0.25, 0.3) is 5.91 Å². The summed E-state index contributed by atoms with van der Waals surface area (Å²) < 4.78 is 39.9. The molecular formula is C15H20F3N3OS. The first-order valence-corrected chi connectivity index (χ1v) is 8.61. The molecule has 1 atom stereocenters. The van der Waals surface area contributed by atoms with Crippen molar-refractivity contribution in [1.29, 1.82) is 0 Å². The minimum atomic E-state index is -4.18. The maximum atomic E-state index is 13.3. The Kier molecular flexibility index (Phi) is 4.16. The van der Waals surface area contributed by atoms with Crippen LogP contribution in [0.3, 0.4) is 0 Å². The first kappa shape index (κ1) is 16.7. The van der Waals surface area contributed by atoms with Crippen molar-refractivity contribution < 1.29 is 18.0 Å². The van der Waals surface area contributed by atoms with Crippen LogP contribution in [0.25, 0.3) is 0 Å². The molecule has 1 aliphatic carbocycles. The van der Waals surface area contributed by atoms with E-state index in [-0.39, 0.29) is 32.0 Å². The molecule has 2 fully saturated rings. The fourth-order valence-corrected chi connectivity index (χ4v) is 4.78. The van der Waals surface area contributed by atoms with Crippen LogP contribution < -0.4 is 5.73 Å². The second-order valence-corrected chi connectivity index (χ2v) is 7.64. The van der Waals surface area contributed by atoms with Crippen LogP contribution in [0.5, 0.6) is 0 Å².